The Hall–Kier alpha value is -1.30. The van der Waals surface area contributed by atoms with Crippen molar-refractivity contribution in [3.05, 3.63) is 0 Å². The van der Waals surface area contributed by atoms with E-state index in [1.54, 1.807) is 0 Å². The van der Waals surface area contributed by atoms with Gasteiger partial charge >= 0.3 is 5.97 Å². The molecule has 0 heterocycles. The molecule has 0 saturated carbocycles. The molecule has 0 unspecified atom stereocenters. The molecule has 0 aliphatic carbocycles. The minimum Gasteiger partial charge on any atom is -0.460 e. The predicted octanol–water partition coefficient (Wildman–Crippen LogP) is 1.05. The summed E-state index contributed by atoms with van der Waals surface area (Å²) in [6, 6.07) is 0. The van der Waals surface area contributed by atoms with Crippen LogP contribution in [0.5, 0.6) is 0 Å². The van der Waals surface area contributed by atoms with Crippen molar-refractivity contribution in [2.24, 2.45) is 10.7 Å². The molecule has 0 atom stereocenters. The number of nitrogens with two attached hydrogens (primary N) is 1. The molecule has 0 aromatic carbocycles. The molecule has 0 amide bonds. The Kier molecular flexibility index (Phi) is 8.95. The molecule has 0 aromatic heterocycles. The highest BCUT2D eigenvalue weighted by atomic mass is 16.6. The van der Waals surface area contributed by atoms with Crippen molar-refractivity contribution >= 4 is 11.9 Å². The zero-order valence-electron chi connectivity index (χ0n) is 12.5. The fourth-order valence-electron chi connectivity index (χ4n) is 1.25. The zero-order valence-corrected chi connectivity index (χ0v) is 12.5. The van der Waals surface area contributed by atoms with E-state index in [2.05, 4.69) is 10.3 Å². The van der Waals surface area contributed by atoms with E-state index in [4.69, 9.17) is 15.2 Å². The quantitative estimate of drug-likeness (QED) is 0.299. The standard InChI is InChI=1S/C13H27N3O3/c1-5-18-10-6-8-15-12(14)16-9-7-11(17)19-13(2,3)4/h5-10H2,1-4H3,(H3,14,15,16). The van der Waals surface area contributed by atoms with E-state index in [0.717, 1.165) is 6.42 Å². The van der Waals surface area contributed by atoms with Crippen molar-refractivity contribution in [2.75, 3.05) is 26.3 Å². The molecule has 0 rings (SSSR count). The smallest absolute Gasteiger partial charge is 0.308 e. The molecule has 0 radical (unpaired) electrons. The van der Waals surface area contributed by atoms with Crippen LogP contribution in [0, 0.1) is 0 Å². The number of rotatable bonds is 8. The second-order valence-electron chi connectivity index (χ2n) is 5.08. The summed E-state index contributed by atoms with van der Waals surface area (Å²) in [6.45, 7) is 9.92. The van der Waals surface area contributed by atoms with Crippen molar-refractivity contribution in [3.63, 3.8) is 0 Å². The van der Waals surface area contributed by atoms with Crippen LogP contribution in [-0.2, 0) is 14.3 Å². The number of carbonyl (C=O) groups excluding carboxylic acids is 1. The lowest BCUT2D eigenvalue weighted by molar-refractivity contribution is -0.154. The van der Waals surface area contributed by atoms with E-state index in [1.165, 1.54) is 0 Å². The van der Waals surface area contributed by atoms with Crippen LogP contribution < -0.4 is 11.1 Å². The summed E-state index contributed by atoms with van der Waals surface area (Å²) in [5.41, 5.74) is 5.20. The van der Waals surface area contributed by atoms with Crippen LogP contribution in [0.15, 0.2) is 4.99 Å². The Balaban J connectivity index is 3.64. The summed E-state index contributed by atoms with van der Waals surface area (Å²) < 4.78 is 10.4. The Labute approximate surface area is 115 Å². The van der Waals surface area contributed by atoms with Gasteiger partial charge in [-0.05, 0) is 34.1 Å². The molecule has 112 valence electrons. The maximum absolute atomic E-state index is 11.4. The normalized spacial score (nSPS) is 12.3. The van der Waals surface area contributed by atoms with Gasteiger partial charge in [0, 0.05) is 26.3 Å². The van der Waals surface area contributed by atoms with Gasteiger partial charge in [0.1, 0.15) is 5.60 Å². The van der Waals surface area contributed by atoms with E-state index >= 15 is 0 Å². The van der Waals surface area contributed by atoms with Gasteiger partial charge in [0.25, 0.3) is 0 Å². The van der Waals surface area contributed by atoms with Crippen LogP contribution >= 0.6 is 0 Å². The number of ether oxygens (including phenoxy) is 2. The Morgan fingerprint density at radius 3 is 2.63 bits per heavy atom. The molecule has 3 N–H and O–H groups in total. The molecule has 6 nitrogen and oxygen atoms in total. The van der Waals surface area contributed by atoms with Gasteiger partial charge in [0.2, 0.25) is 0 Å². The largest absolute Gasteiger partial charge is 0.460 e. The van der Waals surface area contributed by atoms with Crippen LogP contribution in [0.1, 0.15) is 40.5 Å². The molecule has 0 aliphatic heterocycles. The first kappa shape index (κ1) is 17.7. The predicted molar refractivity (Wildman–Crippen MR) is 76.1 cm³/mol. The molecule has 19 heavy (non-hydrogen) atoms. The van der Waals surface area contributed by atoms with E-state index in [1.807, 2.05) is 27.7 Å². The second kappa shape index (κ2) is 9.61. The van der Waals surface area contributed by atoms with Gasteiger partial charge in [0.15, 0.2) is 5.96 Å². The third-order valence-electron chi connectivity index (χ3n) is 1.99. The summed E-state index contributed by atoms with van der Waals surface area (Å²) in [4.78, 5) is 15.5. The maximum atomic E-state index is 11.4. The molecular formula is C13H27N3O3. The number of hydrogen-bond acceptors (Lipinski definition) is 4. The average Bonchev–Trinajstić information content (AvgIpc) is 2.26. The lowest BCUT2D eigenvalue weighted by Crippen LogP contribution is -2.34. The van der Waals surface area contributed by atoms with Gasteiger partial charge in [-0.15, -0.1) is 0 Å². The highest BCUT2D eigenvalue weighted by molar-refractivity contribution is 5.78. The van der Waals surface area contributed by atoms with Crippen molar-refractivity contribution in [2.45, 2.75) is 46.1 Å². The number of aliphatic imine (C=N–C) groups is 1. The van der Waals surface area contributed by atoms with Crippen LogP contribution in [-0.4, -0.2) is 43.8 Å². The van der Waals surface area contributed by atoms with Gasteiger partial charge in [-0.2, -0.15) is 0 Å². The molecule has 0 fully saturated rings. The Morgan fingerprint density at radius 2 is 2.05 bits per heavy atom. The number of nitrogens with one attached hydrogen (secondary N) is 1. The molecule has 0 bridgehead atoms. The van der Waals surface area contributed by atoms with Crippen LogP contribution in [0.3, 0.4) is 0 Å². The van der Waals surface area contributed by atoms with Crippen molar-refractivity contribution in [1.82, 2.24) is 5.32 Å². The third-order valence-corrected chi connectivity index (χ3v) is 1.99. The molecule has 0 spiro atoms. The summed E-state index contributed by atoms with van der Waals surface area (Å²) >= 11 is 0. The van der Waals surface area contributed by atoms with E-state index in [-0.39, 0.29) is 12.4 Å². The first-order valence-electron chi connectivity index (χ1n) is 6.68. The van der Waals surface area contributed by atoms with E-state index < -0.39 is 5.60 Å². The summed E-state index contributed by atoms with van der Waals surface area (Å²) in [7, 11) is 0. The first-order valence-corrected chi connectivity index (χ1v) is 6.68. The van der Waals surface area contributed by atoms with Gasteiger partial charge < -0.3 is 20.5 Å². The van der Waals surface area contributed by atoms with Gasteiger partial charge in [-0.25, -0.2) is 0 Å². The fraction of sp³-hybridized carbons (Fsp3) is 0.846. The van der Waals surface area contributed by atoms with Gasteiger partial charge in [-0.3, -0.25) is 9.79 Å². The van der Waals surface area contributed by atoms with Crippen molar-refractivity contribution in [1.29, 1.82) is 0 Å². The minimum absolute atomic E-state index is 0.246. The van der Waals surface area contributed by atoms with Crippen LogP contribution in [0.2, 0.25) is 0 Å². The van der Waals surface area contributed by atoms with Crippen LogP contribution in [0.25, 0.3) is 0 Å². The Bertz CT molecular complexity index is 285. The molecule has 6 heteroatoms. The second-order valence-corrected chi connectivity index (χ2v) is 5.08. The number of guanidine groups is 1. The topological polar surface area (TPSA) is 85.9 Å². The first-order chi connectivity index (χ1) is 8.85. The number of esters is 1. The van der Waals surface area contributed by atoms with Crippen LogP contribution in [0.4, 0.5) is 0 Å². The zero-order chi connectivity index (χ0) is 14.7. The number of carbonyl (C=O) groups is 1. The van der Waals surface area contributed by atoms with E-state index in [0.29, 0.717) is 32.3 Å². The molecule has 0 aliphatic rings. The lowest BCUT2D eigenvalue weighted by Gasteiger charge is -2.19. The van der Waals surface area contributed by atoms with Gasteiger partial charge in [-0.1, -0.05) is 0 Å². The summed E-state index contributed by atoms with van der Waals surface area (Å²) in [5, 5.41) is 2.88. The summed E-state index contributed by atoms with van der Waals surface area (Å²) in [5.74, 6) is 0.101. The number of nitrogens with zero attached hydrogens (tertiary/aromatic N) is 1. The summed E-state index contributed by atoms with van der Waals surface area (Å²) in [6.07, 6.45) is 1.11. The number of hydrogen-bond donors (Lipinski definition) is 2. The molecular weight excluding hydrogens is 246 g/mol. The monoisotopic (exact) mass is 273 g/mol. The maximum Gasteiger partial charge on any atom is 0.308 e. The SMILES string of the molecule is CCOCCCN=C(N)NCCC(=O)OC(C)(C)C. The molecule has 0 aromatic rings. The molecule has 0 saturated heterocycles. The van der Waals surface area contributed by atoms with E-state index in [9.17, 15) is 4.79 Å². The fourth-order valence-corrected chi connectivity index (χ4v) is 1.25. The minimum atomic E-state index is -0.448. The highest BCUT2D eigenvalue weighted by Gasteiger charge is 2.15. The highest BCUT2D eigenvalue weighted by Crippen LogP contribution is 2.07. The van der Waals surface area contributed by atoms with Crippen molar-refractivity contribution in [3.8, 4) is 0 Å². The van der Waals surface area contributed by atoms with Gasteiger partial charge in [0.05, 0.1) is 6.42 Å². The third kappa shape index (κ3) is 12.9. The average molecular weight is 273 g/mol. The lowest BCUT2D eigenvalue weighted by atomic mass is 10.2. The Morgan fingerprint density at radius 1 is 1.37 bits per heavy atom. The van der Waals surface area contributed by atoms with Crippen molar-refractivity contribution < 1.29 is 14.3 Å².